The Morgan fingerprint density at radius 3 is 2.59 bits per heavy atom. The molecule has 7 heteroatoms. The van der Waals surface area contributed by atoms with Crippen LogP contribution in [0.3, 0.4) is 0 Å². The van der Waals surface area contributed by atoms with Gasteiger partial charge in [-0.05, 0) is 33.8 Å². The molecule has 2 aromatic heterocycles. The molecule has 2 heterocycles. The lowest BCUT2D eigenvalue weighted by molar-refractivity contribution is 0.102. The molecule has 29 heavy (non-hydrogen) atoms. The first-order valence-electron chi connectivity index (χ1n) is 9.79. The fourth-order valence-corrected chi connectivity index (χ4v) is 4.63. The molecule has 3 aromatic rings. The quantitative estimate of drug-likeness (QED) is 0.381. The first-order valence-corrected chi connectivity index (χ1v) is 10.8. The zero-order valence-corrected chi connectivity index (χ0v) is 18.5. The zero-order valence-electron chi connectivity index (χ0n) is 17.7. The highest BCUT2D eigenvalue weighted by Crippen LogP contribution is 2.26. The van der Waals surface area contributed by atoms with E-state index in [0.29, 0.717) is 12.4 Å². The van der Waals surface area contributed by atoms with Gasteiger partial charge in [0, 0.05) is 36.2 Å². The van der Waals surface area contributed by atoms with Gasteiger partial charge in [0.15, 0.2) is 16.8 Å². The normalized spacial score (nSPS) is 12.3. The summed E-state index contributed by atoms with van der Waals surface area (Å²) in [6, 6.07) is 12.2. The summed E-state index contributed by atoms with van der Waals surface area (Å²) in [6.07, 6.45) is 0. The number of aromatic nitrogens is 4. The summed E-state index contributed by atoms with van der Waals surface area (Å²) in [5, 5.41) is 9.44. The van der Waals surface area contributed by atoms with Crippen molar-refractivity contribution in [2.24, 2.45) is 0 Å². The number of nitrogens with zero attached hydrogens (tertiary/aromatic N) is 4. The molecular weight excluding hydrogens is 384 g/mol. The fraction of sp³-hybridized carbons (Fsp3) is 0.409. The van der Waals surface area contributed by atoms with Crippen LogP contribution in [-0.2, 0) is 11.3 Å². The van der Waals surface area contributed by atoms with E-state index >= 15 is 0 Å². The predicted molar refractivity (Wildman–Crippen MR) is 117 cm³/mol. The summed E-state index contributed by atoms with van der Waals surface area (Å²) in [5.41, 5.74) is 3.85. The van der Waals surface area contributed by atoms with E-state index in [0.717, 1.165) is 40.0 Å². The molecule has 3 rings (SSSR count). The molecular formula is C22H28N4O2S. The average molecular weight is 413 g/mol. The predicted octanol–water partition coefficient (Wildman–Crippen LogP) is 4.57. The number of hydrogen-bond acceptors (Lipinski definition) is 5. The number of carbonyl (C=O) groups is 1. The Balaban J connectivity index is 1.77. The Hall–Kier alpha value is -2.38. The maximum absolute atomic E-state index is 12.9. The summed E-state index contributed by atoms with van der Waals surface area (Å²) < 4.78 is 9.50. The van der Waals surface area contributed by atoms with Crippen molar-refractivity contribution in [2.45, 2.75) is 45.4 Å². The van der Waals surface area contributed by atoms with Crippen LogP contribution < -0.4 is 0 Å². The number of rotatable bonds is 9. The Morgan fingerprint density at radius 1 is 1.21 bits per heavy atom. The molecule has 6 nitrogen and oxygen atoms in total. The Bertz CT molecular complexity index is 978. The van der Waals surface area contributed by atoms with Gasteiger partial charge in [-0.1, -0.05) is 42.1 Å². The molecule has 154 valence electrons. The summed E-state index contributed by atoms with van der Waals surface area (Å²) in [5.74, 6) is 1.26. The zero-order chi connectivity index (χ0) is 21.0. The molecule has 1 atom stereocenters. The molecule has 0 radical (unpaired) electrons. The number of thioether (sulfide) groups is 1. The Kier molecular flexibility index (Phi) is 6.92. The van der Waals surface area contributed by atoms with Gasteiger partial charge in [0.25, 0.3) is 0 Å². The van der Waals surface area contributed by atoms with E-state index in [1.807, 2.05) is 50.2 Å². The van der Waals surface area contributed by atoms with Gasteiger partial charge in [-0.2, -0.15) is 0 Å². The molecule has 0 fully saturated rings. The van der Waals surface area contributed by atoms with Crippen molar-refractivity contribution in [3.63, 3.8) is 0 Å². The topological polar surface area (TPSA) is 61.9 Å². The van der Waals surface area contributed by atoms with Crippen LogP contribution >= 0.6 is 11.8 Å². The largest absolute Gasteiger partial charge is 0.383 e. The third-order valence-corrected chi connectivity index (χ3v) is 6.00. The number of Topliss-reactive ketones (excluding diaryl/α,β-unsaturated/α-hetero) is 1. The van der Waals surface area contributed by atoms with E-state index in [4.69, 9.17) is 4.74 Å². The van der Waals surface area contributed by atoms with Gasteiger partial charge in [0.05, 0.1) is 18.4 Å². The summed E-state index contributed by atoms with van der Waals surface area (Å²) in [7, 11) is 1.70. The SMILES string of the molecule is CCn1c(SCC(=O)c2cc(C)n([C@@H](C)COC)c2C)nnc1-c1ccccc1. The monoisotopic (exact) mass is 412 g/mol. The van der Waals surface area contributed by atoms with Gasteiger partial charge >= 0.3 is 0 Å². The van der Waals surface area contributed by atoms with Crippen molar-refractivity contribution in [3.05, 3.63) is 53.3 Å². The molecule has 0 N–H and O–H groups in total. The number of benzene rings is 1. The van der Waals surface area contributed by atoms with Crippen molar-refractivity contribution in [1.82, 2.24) is 19.3 Å². The molecule has 0 aliphatic heterocycles. The highest BCUT2D eigenvalue weighted by atomic mass is 32.2. The van der Waals surface area contributed by atoms with E-state index in [1.165, 1.54) is 11.8 Å². The average Bonchev–Trinajstić information content (AvgIpc) is 3.27. The molecule has 0 bridgehead atoms. The van der Waals surface area contributed by atoms with Crippen molar-refractivity contribution >= 4 is 17.5 Å². The van der Waals surface area contributed by atoms with Crippen LogP contribution in [0.15, 0.2) is 41.6 Å². The van der Waals surface area contributed by atoms with Crippen molar-refractivity contribution in [3.8, 4) is 11.4 Å². The first-order chi connectivity index (χ1) is 14.0. The Labute approximate surface area is 176 Å². The highest BCUT2D eigenvalue weighted by Gasteiger charge is 2.20. The van der Waals surface area contributed by atoms with E-state index in [2.05, 4.69) is 33.2 Å². The Morgan fingerprint density at radius 2 is 1.93 bits per heavy atom. The van der Waals surface area contributed by atoms with E-state index < -0.39 is 0 Å². The van der Waals surface area contributed by atoms with Gasteiger partial charge < -0.3 is 13.9 Å². The molecule has 0 spiro atoms. The minimum absolute atomic E-state index is 0.103. The first kappa shape index (κ1) is 21.3. The van der Waals surface area contributed by atoms with Crippen LogP contribution in [0.2, 0.25) is 0 Å². The number of aryl methyl sites for hydroxylation is 1. The second-order valence-corrected chi connectivity index (χ2v) is 8.03. The van der Waals surface area contributed by atoms with E-state index in [1.54, 1.807) is 7.11 Å². The van der Waals surface area contributed by atoms with Crippen LogP contribution in [0, 0.1) is 13.8 Å². The minimum Gasteiger partial charge on any atom is -0.383 e. The number of hydrogen-bond donors (Lipinski definition) is 0. The van der Waals surface area contributed by atoms with Gasteiger partial charge in [0.1, 0.15) is 0 Å². The molecule has 0 saturated heterocycles. The number of methoxy groups -OCH3 is 1. The molecule has 0 aliphatic rings. The molecule has 0 aliphatic carbocycles. The second kappa shape index (κ2) is 9.41. The highest BCUT2D eigenvalue weighted by molar-refractivity contribution is 7.99. The third-order valence-electron chi connectivity index (χ3n) is 5.03. The van der Waals surface area contributed by atoms with Crippen LogP contribution in [0.25, 0.3) is 11.4 Å². The van der Waals surface area contributed by atoms with Crippen LogP contribution in [0.5, 0.6) is 0 Å². The van der Waals surface area contributed by atoms with Crippen molar-refractivity contribution < 1.29 is 9.53 Å². The van der Waals surface area contributed by atoms with Gasteiger partial charge in [-0.3, -0.25) is 4.79 Å². The van der Waals surface area contributed by atoms with Crippen molar-refractivity contribution in [2.75, 3.05) is 19.5 Å². The standard InChI is InChI=1S/C22H28N4O2S/c1-6-25-21(18-10-8-7-9-11-18)23-24-22(25)29-14-20(27)19-12-15(2)26(17(19)4)16(3)13-28-5/h7-12,16H,6,13-14H2,1-5H3/t16-/m0/s1. The van der Waals surface area contributed by atoms with Gasteiger partial charge in [0.2, 0.25) is 0 Å². The molecule has 0 saturated carbocycles. The van der Waals surface area contributed by atoms with Gasteiger partial charge in [-0.25, -0.2) is 0 Å². The molecule has 0 amide bonds. The molecule has 1 aromatic carbocycles. The smallest absolute Gasteiger partial charge is 0.191 e. The van der Waals surface area contributed by atoms with E-state index in [-0.39, 0.29) is 11.8 Å². The number of carbonyl (C=O) groups excluding carboxylic acids is 1. The summed E-state index contributed by atoms with van der Waals surface area (Å²) >= 11 is 1.44. The van der Waals surface area contributed by atoms with Crippen LogP contribution in [0.4, 0.5) is 0 Å². The van der Waals surface area contributed by atoms with Crippen LogP contribution in [0.1, 0.15) is 41.6 Å². The van der Waals surface area contributed by atoms with E-state index in [9.17, 15) is 4.79 Å². The summed E-state index contributed by atoms with van der Waals surface area (Å²) in [4.78, 5) is 12.9. The summed E-state index contributed by atoms with van der Waals surface area (Å²) in [6.45, 7) is 9.55. The second-order valence-electron chi connectivity index (χ2n) is 7.09. The van der Waals surface area contributed by atoms with Crippen LogP contribution in [-0.4, -0.2) is 44.6 Å². The maximum Gasteiger partial charge on any atom is 0.191 e. The van der Waals surface area contributed by atoms with Crippen molar-refractivity contribution in [1.29, 1.82) is 0 Å². The lowest BCUT2D eigenvalue weighted by atomic mass is 10.2. The number of ether oxygens (including phenoxy) is 1. The molecule has 0 unspecified atom stereocenters. The maximum atomic E-state index is 12.9. The fourth-order valence-electron chi connectivity index (χ4n) is 3.74. The van der Waals surface area contributed by atoms with Gasteiger partial charge in [-0.15, -0.1) is 10.2 Å². The third kappa shape index (κ3) is 4.46. The lowest BCUT2D eigenvalue weighted by Gasteiger charge is -2.17. The number of ketones is 1. The lowest BCUT2D eigenvalue weighted by Crippen LogP contribution is -2.14. The minimum atomic E-state index is 0.103.